The number of rotatable bonds is 7. The monoisotopic (exact) mass is 432 g/mol. The van der Waals surface area contributed by atoms with Crippen LogP contribution in [0.15, 0.2) is 53.6 Å². The molecule has 0 aliphatic carbocycles. The molecule has 154 valence electrons. The van der Waals surface area contributed by atoms with Gasteiger partial charge in [-0.15, -0.1) is 11.8 Å². The van der Waals surface area contributed by atoms with Crippen molar-refractivity contribution < 1.29 is 9.53 Å². The predicted octanol–water partition coefficient (Wildman–Crippen LogP) is 4.24. The Kier molecular flexibility index (Phi) is 7.69. The molecule has 0 bridgehead atoms. The van der Waals surface area contributed by atoms with Crippen molar-refractivity contribution in [1.82, 2.24) is 5.43 Å². The fraction of sp³-hybridized carbons (Fsp3) is 0.286. The second-order valence-electron chi connectivity index (χ2n) is 6.51. The number of thioether (sulfide) groups is 1. The van der Waals surface area contributed by atoms with Gasteiger partial charge >= 0.3 is 0 Å². The molecular weight excluding hydrogens is 408 g/mol. The van der Waals surface area contributed by atoms with Gasteiger partial charge in [-0.25, -0.2) is 0 Å². The first kappa shape index (κ1) is 21.4. The fourth-order valence-corrected chi connectivity index (χ4v) is 3.63. The first-order valence-corrected chi connectivity index (χ1v) is 10.9. The number of aryl methyl sites for hydroxylation is 1. The summed E-state index contributed by atoms with van der Waals surface area (Å²) in [5, 5.41) is 3.40. The summed E-state index contributed by atoms with van der Waals surface area (Å²) in [6, 6.07) is 13.7. The second kappa shape index (κ2) is 10.4. The minimum absolute atomic E-state index is 0.217. The maximum atomic E-state index is 12.6. The van der Waals surface area contributed by atoms with E-state index in [0.29, 0.717) is 15.6 Å². The molecule has 2 aromatic carbocycles. The zero-order valence-corrected chi connectivity index (χ0v) is 18.1. The minimum Gasteiger partial charge on any atom is -0.378 e. The van der Waals surface area contributed by atoms with Gasteiger partial charge in [0.15, 0.2) is 0 Å². The van der Waals surface area contributed by atoms with Crippen LogP contribution in [0.4, 0.5) is 17.1 Å². The molecule has 0 aromatic heterocycles. The van der Waals surface area contributed by atoms with Crippen LogP contribution >= 0.6 is 23.4 Å². The zero-order valence-electron chi connectivity index (χ0n) is 16.5. The molecule has 3 N–H and O–H groups in total. The number of halogens is 1. The van der Waals surface area contributed by atoms with E-state index in [4.69, 9.17) is 16.3 Å². The standard InChI is InChI=1S/C21H25ClN4O2S/c1-15-4-3-5-18(22)20(15)24-21(27)19(29-2)14-23-25-16-6-8-17(9-7-16)26-10-12-28-13-11-26/h3-9,14,23,25H,10-13H2,1-2H3,(H,24,27)/b19-14-. The Labute approximate surface area is 180 Å². The van der Waals surface area contributed by atoms with Crippen molar-refractivity contribution in [2.75, 3.05) is 48.2 Å². The highest BCUT2D eigenvalue weighted by molar-refractivity contribution is 8.03. The molecule has 1 aliphatic heterocycles. The van der Waals surface area contributed by atoms with Crippen LogP contribution in [0.3, 0.4) is 0 Å². The third kappa shape index (κ3) is 5.82. The van der Waals surface area contributed by atoms with Gasteiger partial charge in [-0.2, -0.15) is 0 Å². The van der Waals surface area contributed by atoms with Gasteiger partial charge in [0.05, 0.1) is 34.5 Å². The van der Waals surface area contributed by atoms with Crippen molar-refractivity contribution in [2.45, 2.75) is 6.92 Å². The number of benzene rings is 2. The molecule has 0 unspecified atom stereocenters. The van der Waals surface area contributed by atoms with Crippen LogP contribution < -0.4 is 21.1 Å². The van der Waals surface area contributed by atoms with E-state index in [2.05, 4.69) is 33.2 Å². The minimum atomic E-state index is -0.217. The van der Waals surface area contributed by atoms with Crippen molar-refractivity contribution in [3.63, 3.8) is 0 Å². The lowest BCUT2D eigenvalue weighted by atomic mass is 10.2. The molecule has 1 aliphatic rings. The van der Waals surface area contributed by atoms with Crippen molar-refractivity contribution in [3.05, 3.63) is 64.2 Å². The molecular formula is C21H25ClN4O2S. The number of carbonyl (C=O) groups excluding carboxylic acids is 1. The van der Waals surface area contributed by atoms with Crippen LogP contribution in [0.1, 0.15) is 5.56 Å². The number of para-hydroxylation sites is 1. The Bertz CT molecular complexity index is 847. The van der Waals surface area contributed by atoms with Crippen LogP contribution in [-0.2, 0) is 9.53 Å². The largest absolute Gasteiger partial charge is 0.378 e. The highest BCUT2D eigenvalue weighted by Crippen LogP contribution is 2.26. The van der Waals surface area contributed by atoms with Crippen molar-refractivity contribution in [3.8, 4) is 0 Å². The molecule has 1 fully saturated rings. The number of nitrogens with one attached hydrogen (secondary N) is 3. The topological polar surface area (TPSA) is 65.6 Å². The number of hydrogen-bond donors (Lipinski definition) is 3. The molecule has 1 saturated heterocycles. The van der Waals surface area contributed by atoms with E-state index >= 15 is 0 Å². The maximum Gasteiger partial charge on any atom is 0.263 e. The molecule has 0 spiro atoms. The molecule has 1 amide bonds. The third-order valence-corrected chi connectivity index (χ3v) is 5.63. The van der Waals surface area contributed by atoms with E-state index in [1.54, 1.807) is 12.3 Å². The van der Waals surface area contributed by atoms with Crippen LogP contribution in [-0.4, -0.2) is 38.5 Å². The summed E-state index contributed by atoms with van der Waals surface area (Å²) in [7, 11) is 0. The number of nitrogens with zero attached hydrogens (tertiary/aromatic N) is 1. The van der Waals surface area contributed by atoms with Gasteiger partial charge in [0, 0.05) is 25.0 Å². The first-order chi connectivity index (χ1) is 14.1. The summed E-state index contributed by atoms with van der Waals surface area (Å²) in [5.41, 5.74) is 9.70. The molecule has 6 nitrogen and oxygen atoms in total. The Hall–Kier alpha value is -2.35. The van der Waals surface area contributed by atoms with Gasteiger partial charge in [0.25, 0.3) is 5.91 Å². The Morgan fingerprint density at radius 1 is 1.17 bits per heavy atom. The molecule has 0 radical (unpaired) electrons. The number of hydrazine groups is 1. The fourth-order valence-electron chi connectivity index (χ4n) is 2.94. The van der Waals surface area contributed by atoms with Gasteiger partial charge in [-0.3, -0.25) is 4.79 Å². The molecule has 0 saturated carbocycles. The van der Waals surface area contributed by atoms with Gasteiger partial charge in [-0.1, -0.05) is 23.7 Å². The first-order valence-electron chi connectivity index (χ1n) is 9.33. The number of hydrogen-bond acceptors (Lipinski definition) is 6. The smallest absolute Gasteiger partial charge is 0.263 e. The summed E-state index contributed by atoms with van der Waals surface area (Å²) in [6.45, 7) is 5.25. The SMILES string of the molecule is CS/C(=C\NNc1ccc(N2CCOCC2)cc1)C(=O)Nc1c(C)cccc1Cl. The normalized spacial score (nSPS) is 14.4. The van der Waals surface area contributed by atoms with Gasteiger partial charge < -0.3 is 25.8 Å². The van der Waals surface area contributed by atoms with E-state index < -0.39 is 0 Å². The summed E-state index contributed by atoms with van der Waals surface area (Å²) < 4.78 is 5.39. The number of morpholine rings is 1. The summed E-state index contributed by atoms with van der Waals surface area (Å²) >= 11 is 7.55. The average Bonchev–Trinajstić information content (AvgIpc) is 2.75. The summed E-state index contributed by atoms with van der Waals surface area (Å²) in [6.07, 6.45) is 3.49. The molecule has 3 rings (SSSR count). The predicted molar refractivity (Wildman–Crippen MR) is 123 cm³/mol. The van der Waals surface area contributed by atoms with Crippen molar-refractivity contribution in [1.29, 1.82) is 0 Å². The van der Waals surface area contributed by atoms with E-state index in [1.165, 1.54) is 17.4 Å². The van der Waals surface area contributed by atoms with Crippen molar-refractivity contribution >= 4 is 46.3 Å². The van der Waals surface area contributed by atoms with Crippen molar-refractivity contribution in [2.24, 2.45) is 0 Å². The van der Waals surface area contributed by atoms with Gasteiger partial charge in [-0.05, 0) is 49.1 Å². The van der Waals surface area contributed by atoms with E-state index in [9.17, 15) is 4.79 Å². The molecule has 29 heavy (non-hydrogen) atoms. The third-order valence-electron chi connectivity index (χ3n) is 4.57. The van der Waals surface area contributed by atoms with E-state index in [0.717, 1.165) is 37.6 Å². The lowest BCUT2D eigenvalue weighted by molar-refractivity contribution is -0.112. The number of ether oxygens (including phenoxy) is 1. The highest BCUT2D eigenvalue weighted by Gasteiger charge is 2.13. The van der Waals surface area contributed by atoms with Gasteiger partial charge in [0.2, 0.25) is 0 Å². The van der Waals surface area contributed by atoms with E-state index in [-0.39, 0.29) is 5.91 Å². The Balaban J connectivity index is 1.57. The van der Waals surface area contributed by atoms with Crippen LogP contribution in [0.25, 0.3) is 0 Å². The Morgan fingerprint density at radius 2 is 1.90 bits per heavy atom. The number of carbonyl (C=O) groups is 1. The highest BCUT2D eigenvalue weighted by atomic mass is 35.5. The lowest BCUT2D eigenvalue weighted by Crippen LogP contribution is -2.36. The second-order valence-corrected chi connectivity index (χ2v) is 7.77. The Morgan fingerprint density at radius 3 is 2.55 bits per heavy atom. The van der Waals surface area contributed by atoms with Crippen LogP contribution in [0.5, 0.6) is 0 Å². The van der Waals surface area contributed by atoms with E-state index in [1.807, 2.05) is 37.4 Å². The average molecular weight is 433 g/mol. The van der Waals surface area contributed by atoms with Crippen LogP contribution in [0.2, 0.25) is 5.02 Å². The number of anilines is 3. The lowest BCUT2D eigenvalue weighted by Gasteiger charge is -2.28. The number of amides is 1. The molecule has 0 atom stereocenters. The molecule has 8 heteroatoms. The summed E-state index contributed by atoms with van der Waals surface area (Å²) in [5.74, 6) is -0.217. The zero-order chi connectivity index (χ0) is 20.6. The van der Waals surface area contributed by atoms with Crippen LogP contribution in [0, 0.1) is 6.92 Å². The molecule has 1 heterocycles. The maximum absolute atomic E-state index is 12.6. The quantitative estimate of drug-likeness (QED) is 0.449. The summed E-state index contributed by atoms with van der Waals surface area (Å²) in [4.78, 5) is 15.4. The molecule has 2 aromatic rings. The van der Waals surface area contributed by atoms with Gasteiger partial charge in [0.1, 0.15) is 0 Å².